The molecule has 0 aliphatic carbocycles. The lowest BCUT2D eigenvalue weighted by atomic mass is 10.2. The van der Waals surface area contributed by atoms with Crippen molar-refractivity contribution in [2.24, 2.45) is 0 Å². The number of carbonyl (C=O) groups excluding carboxylic acids is 1. The first-order chi connectivity index (χ1) is 13.2. The normalized spacial score (nSPS) is 15.4. The van der Waals surface area contributed by atoms with Crippen LogP contribution in [0.4, 0.5) is 0 Å². The van der Waals surface area contributed by atoms with Gasteiger partial charge in [-0.2, -0.15) is 0 Å². The molecule has 2 heterocycles. The molecule has 0 radical (unpaired) electrons. The second kappa shape index (κ2) is 9.05. The molecule has 1 aromatic heterocycles. The third-order valence-corrected chi connectivity index (χ3v) is 5.40. The highest BCUT2D eigenvalue weighted by Crippen LogP contribution is 2.32. The fourth-order valence-corrected chi connectivity index (χ4v) is 3.89. The summed E-state index contributed by atoms with van der Waals surface area (Å²) >= 11 is 1.41. The van der Waals surface area contributed by atoms with E-state index in [1.807, 2.05) is 40.7 Å². The maximum absolute atomic E-state index is 12.7. The molecule has 3 rings (SSSR count). The molecule has 1 aliphatic heterocycles. The molecule has 0 bridgehead atoms. The van der Waals surface area contributed by atoms with Gasteiger partial charge in [0.15, 0.2) is 11.0 Å². The molecule has 1 aromatic carbocycles. The quantitative estimate of drug-likeness (QED) is 0.536. The number of benzene rings is 1. The molecule has 2 aromatic rings. The van der Waals surface area contributed by atoms with Crippen molar-refractivity contribution in [2.75, 3.05) is 33.4 Å². The molecular formula is C19H24N4O3S. The second-order valence-electron chi connectivity index (χ2n) is 6.10. The SMILES string of the molecule is C=CCn1c(S[C@H](C)C(=O)N2CCOCC2)nnc1-c1ccccc1OC. The zero-order chi connectivity index (χ0) is 19.2. The average Bonchev–Trinajstić information content (AvgIpc) is 3.10. The summed E-state index contributed by atoms with van der Waals surface area (Å²) in [7, 11) is 1.63. The van der Waals surface area contributed by atoms with E-state index in [-0.39, 0.29) is 11.2 Å². The minimum atomic E-state index is -0.263. The van der Waals surface area contributed by atoms with Gasteiger partial charge in [0.25, 0.3) is 0 Å². The topological polar surface area (TPSA) is 69.5 Å². The van der Waals surface area contributed by atoms with Crippen molar-refractivity contribution in [1.82, 2.24) is 19.7 Å². The van der Waals surface area contributed by atoms with Gasteiger partial charge in [0, 0.05) is 19.6 Å². The van der Waals surface area contributed by atoms with Crippen LogP contribution in [0.15, 0.2) is 42.1 Å². The Hall–Kier alpha value is -2.32. The number of hydrogen-bond donors (Lipinski definition) is 0. The molecule has 27 heavy (non-hydrogen) atoms. The predicted octanol–water partition coefficient (Wildman–Crippen LogP) is 2.48. The van der Waals surface area contributed by atoms with Crippen molar-refractivity contribution >= 4 is 17.7 Å². The summed E-state index contributed by atoms with van der Waals surface area (Å²) < 4.78 is 12.7. The van der Waals surface area contributed by atoms with Crippen molar-refractivity contribution in [3.05, 3.63) is 36.9 Å². The van der Waals surface area contributed by atoms with Gasteiger partial charge in [-0.25, -0.2) is 0 Å². The van der Waals surface area contributed by atoms with Crippen LogP contribution in [0.1, 0.15) is 6.92 Å². The van der Waals surface area contributed by atoms with E-state index in [4.69, 9.17) is 9.47 Å². The maximum Gasteiger partial charge on any atom is 0.236 e. The van der Waals surface area contributed by atoms with Crippen LogP contribution in [0.5, 0.6) is 5.75 Å². The molecule has 1 saturated heterocycles. The predicted molar refractivity (Wildman–Crippen MR) is 105 cm³/mol. The number of hydrogen-bond acceptors (Lipinski definition) is 6. The van der Waals surface area contributed by atoms with Gasteiger partial charge in [-0.3, -0.25) is 9.36 Å². The molecule has 8 heteroatoms. The lowest BCUT2D eigenvalue weighted by Crippen LogP contribution is -2.44. The Morgan fingerprint density at radius 1 is 1.37 bits per heavy atom. The number of morpholine rings is 1. The van der Waals surface area contributed by atoms with Crippen LogP contribution in [-0.2, 0) is 16.1 Å². The summed E-state index contributed by atoms with van der Waals surface area (Å²) in [5.74, 6) is 1.51. The number of allylic oxidation sites excluding steroid dienone is 1. The van der Waals surface area contributed by atoms with Gasteiger partial charge in [0.1, 0.15) is 5.75 Å². The van der Waals surface area contributed by atoms with Crippen LogP contribution in [0, 0.1) is 0 Å². The number of rotatable bonds is 7. The van der Waals surface area contributed by atoms with Crippen molar-refractivity contribution in [2.45, 2.75) is 23.9 Å². The minimum absolute atomic E-state index is 0.0929. The number of carbonyl (C=O) groups is 1. The number of thioether (sulfide) groups is 1. The summed E-state index contributed by atoms with van der Waals surface area (Å²) in [6.45, 7) is 8.73. The third kappa shape index (κ3) is 4.33. The fourth-order valence-electron chi connectivity index (χ4n) is 2.95. The summed E-state index contributed by atoms with van der Waals surface area (Å²) in [5, 5.41) is 9.11. The largest absolute Gasteiger partial charge is 0.496 e. The minimum Gasteiger partial charge on any atom is -0.496 e. The van der Waals surface area contributed by atoms with Crippen LogP contribution in [-0.4, -0.2) is 64.2 Å². The molecule has 1 fully saturated rings. The first-order valence-electron chi connectivity index (χ1n) is 8.86. The molecule has 0 unspecified atom stereocenters. The van der Waals surface area contributed by atoms with E-state index >= 15 is 0 Å². The van der Waals surface area contributed by atoms with Gasteiger partial charge >= 0.3 is 0 Å². The highest BCUT2D eigenvalue weighted by molar-refractivity contribution is 8.00. The van der Waals surface area contributed by atoms with E-state index in [1.165, 1.54) is 11.8 Å². The Kier molecular flexibility index (Phi) is 6.52. The zero-order valence-electron chi connectivity index (χ0n) is 15.6. The van der Waals surface area contributed by atoms with Crippen molar-refractivity contribution < 1.29 is 14.3 Å². The smallest absolute Gasteiger partial charge is 0.236 e. The molecule has 0 N–H and O–H groups in total. The summed E-state index contributed by atoms with van der Waals surface area (Å²) in [5.41, 5.74) is 0.855. The monoisotopic (exact) mass is 388 g/mol. The van der Waals surface area contributed by atoms with E-state index in [9.17, 15) is 4.79 Å². The lowest BCUT2D eigenvalue weighted by molar-refractivity contribution is -0.134. The Morgan fingerprint density at radius 3 is 2.81 bits per heavy atom. The van der Waals surface area contributed by atoms with E-state index < -0.39 is 0 Å². The first-order valence-corrected chi connectivity index (χ1v) is 9.74. The number of para-hydroxylation sites is 1. The molecule has 0 saturated carbocycles. The number of methoxy groups -OCH3 is 1. The Labute approximate surface area is 163 Å². The number of ether oxygens (including phenoxy) is 2. The van der Waals surface area contributed by atoms with Gasteiger partial charge in [0.2, 0.25) is 5.91 Å². The third-order valence-electron chi connectivity index (χ3n) is 4.33. The van der Waals surface area contributed by atoms with E-state index in [0.29, 0.717) is 43.8 Å². The Morgan fingerprint density at radius 2 is 2.11 bits per heavy atom. The summed E-state index contributed by atoms with van der Waals surface area (Å²) in [4.78, 5) is 14.5. The van der Waals surface area contributed by atoms with Crippen LogP contribution >= 0.6 is 11.8 Å². The molecule has 0 spiro atoms. The summed E-state index contributed by atoms with van der Waals surface area (Å²) in [6.07, 6.45) is 1.79. The Bertz CT molecular complexity index is 802. The standard InChI is InChI=1S/C19H24N4O3S/c1-4-9-23-17(15-7-5-6-8-16(15)25-3)20-21-19(23)27-14(2)18(24)22-10-12-26-13-11-22/h4-8,14H,1,9-13H2,2-3H3/t14-/m1/s1. The number of amides is 1. The number of nitrogens with zero attached hydrogens (tertiary/aromatic N) is 4. The van der Waals surface area contributed by atoms with E-state index in [1.54, 1.807) is 13.2 Å². The first kappa shape index (κ1) is 19.4. The highest BCUT2D eigenvalue weighted by Gasteiger charge is 2.26. The van der Waals surface area contributed by atoms with Gasteiger partial charge in [0.05, 0.1) is 31.1 Å². The van der Waals surface area contributed by atoms with Gasteiger partial charge in [-0.1, -0.05) is 30.0 Å². The van der Waals surface area contributed by atoms with Gasteiger partial charge < -0.3 is 14.4 Å². The Balaban J connectivity index is 1.84. The molecule has 1 aliphatic rings. The van der Waals surface area contributed by atoms with Crippen LogP contribution in [0.3, 0.4) is 0 Å². The maximum atomic E-state index is 12.7. The summed E-state index contributed by atoms with van der Waals surface area (Å²) in [6, 6.07) is 7.68. The molecule has 1 atom stereocenters. The van der Waals surface area contributed by atoms with E-state index in [2.05, 4.69) is 16.8 Å². The molecule has 7 nitrogen and oxygen atoms in total. The van der Waals surface area contributed by atoms with Gasteiger partial charge in [-0.05, 0) is 19.1 Å². The van der Waals surface area contributed by atoms with Crippen LogP contribution in [0.25, 0.3) is 11.4 Å². The van der Waals surface area contributed by atoms with Crippen LogP contribution in [0.2, 0.25) is 0 Å². The second-order valence-corrected chi connectivity index (χ2v) is 7.41. The van der Waals surface area contributed by atoms with Crippen LogP contribution < -0.4 is 4.74 Å². The zero-order valence-corrected chi connectivity index (χ0v) is 16.4. The fraction of sp³-hybridized carbons (Fsp3) is 0.421. The lowest BCUT2D eigenvalue weighted by Gasteiger charge is -2.28. The van der Waals surface area contributed by atoms with Crippen molar-refractivity contribution in [3.8, 4) is 17.1 Å². The molecule has 1 amide bonds. The van der Waals surface area contributed by atoms with Crippen molar-refractivity contribution in [1.29, 1.82) is 0 Å². The van der Waals surface area contributed by atoms with Crippen molar-refractivity contribution in [3.63, 3.8) is 0 Å². The molecule has 144 valence electrons. The molecular weight excluding hydrogens is 364 g/mol. The number of aromatic nitrogens is 3. The van der Waals surface area contributed by atoms with E-state index in [0.717, 1.165) is 11.3 Å². The highest BCUT2D eigenvalue weighted by atomic mass is 32.2. The van der Waals surface area contributed by atoms with Gasteiger partial charge in [-0.15, -0.1) is 16.8 Å². The average molecular weight is 388 g/mol.